The molecule has 0 aliphatic rings. The van der Waals surface area contributed by atoms with Crippen molar-refractivity contribution in [3.05, 3.63) is 52.8 Å². The molecule has 2 rings (SSSR count). The Balaban J connectivity index is 2.39. The van der Waals surface area contributed by atoms with Gasteiger partial charge in [0.25, 0.3) is 0 Å². The van der Waals surface area contributed by atoms with E-state index in [1.807, 2.05) is 0 Å². The van der Waals surface area contributed by atoms with Gasteiger partial charge in [0, 0.05) is 17.8 Å². The van der Waals surface area contributed by atoms with E-state index in [-0.39, 0.29) is 22.1 Å². The minimum atomic E-state index is -4.55. The summed E-state index contributed by atoms with van der Waals surface area (Å²) in [6.07, 6.45) is -1.76. The molecule has 2 N–H and O–H groups in total. The number of aromatic nitrogens is 1. The van der Waals surface area contributed by atoms with Crippen molar-refractivity contribution in [2.75, 3.05) is 0 Å². The Kier molecular flexibility index (Phi) is 4.34. The average Bonchev–Trinajstić information content (AvgIpc) is 2.37. The SMILES string of the molecule is NC(=S)c1cc(Oc2cncc(Cl)c2)ccc1C(F)(F)F. The summed E-state index contributed by atoms with van der Waals surface area (Å²) in [5, 5.41) is 0.342. The van der Waals surface area contributed by atoms with E-state index in [2.05, 4.69) is 17.2 Å². The molecule has 0 bridgehead atoms. The molecule has 0 fully saturated rings. The van der Waals surface area contributed by atoms with Crippen LogP contribution in [0.25, 0.3) is 0 Å². The molecule has 0 amide bonds. The highest BCUT2D eigenvalue weighted by molar-refractivity contribution is 7.80. The number of pyridine rings is 1. The van der Waals surface area contributed by atoms with Crippen LogP contribution in [0.4, 0.5) is 13.2 Å². The maximum absolute atomic E-state index is 12.8. The normalized spacial score (nSPS) is 11.2. The molecule has 0 saturated heterocycles. The highest BCUT2D eigenvalue weighted by atomic mass is 35.5. The maximum Gasteiger partial charge on any atom is 0.417 e. The first-order valence-corrected chi connectivity index (χ1v) is 6.35. The zero-order chi connectivity index (χ0) is 15.6. The third kappa shape index (κ3) is 3.83. The minimum Gasteiger partial charge on any atom is -0.456 e. The predicted molar refractivity (Wildman–Crippen MR) is 76.7 cm³/mol. The second-order valence-electron chi connectivity index (χ2n) is 4.01. The van der Waals surface area contributed by atoms with Crippen LogP contribution < -0.4 is 10.5 Å². The first-order valence-electron chi connectivity index (χ1n) is 5.57. The molecule has 0 atom stereocenters. The van der Waals surface area contributed by atoms with Gasteiger partial charge < -0.3 is 10.5 Å². The van der Waals surface area contributed by atoms with Crippen molar-refractivity contribution < 1.29 is 17.9 Å². The Bertz CT molecular complexity index is 691. The van der Waals surface area contributed by atoms with Crippen LogP contribution in [0.3, 0.4) is 0 Å². The van der Waals surface area contributed by atoms with Gasteiger partial charge in [-0.2, -0.15) is 13.2 Å². The lowest BCUT2D eigenvalue weighted by molar-refractivity contribution is -0.137. The fraction of sp³-hybridized carbons (Fsp3) is 0.0769. The molecule has 0 spiro atoms. The van der Waals surface area contributed by atoms with Crippen LogP contribution in [0.2, 0.25) is 5.02 Å². The van der Waals surface area contributed by atoms with E-state index in [1.165, 1.54) is 24.5 Å². The average molecular weight is 333 g/mol. The number of benzene rings is 1. The van der Waals surface area contributed by atoms with Gasteiger partial charge in [0.05, 0.1) is 16.8 Å². The molecule has 2 aromatic rings. The molecule has 1 aromatic heterocycles. The summed E-state index contributed by atoms with van der Waals surface area (Å²) in [7, 11) is 0. The van der Waals surface area contributed by atoms with Crippen molar-refractivity contribution in [3.8, 4) is 11.5 Å². The van der Waals surface area contributed by atoms with Gasteiger partial charge in [-0.15, -0.1) is 0 Å². The van der Waals surface area contributed by atoms with Gasteiger partial charge >= 0.3 is 6.18 Å². The van der Waals surface area contributed by atoms with Gasteiger partial charge in [-0.25, -0.2) is 0 Å². The summed E-state index contributed by atoms with van der Waals surface area (Å²) in [6.45, 7) is 0. The number of alkyl halides is 3. The number of hydrogen-bond donors (Lipinski definition) is 1. The van der Waals surface area contributed by atoms with E-state index in [0.717, 1.165) is 12.1 Å². The molecular weight excluding hydrogens is 325 g/mol. The van der Waals surface area contributed by atoms with Crippen molar-refractivity contribution in [2.45, 2.75) is 6.18 Å². The van der Waals surface area contributed by atoms with Crippen LogP contribution in [-0.4, -0.2) is 9.97 Å². The van der Waals surface area contributed by atoms with Crippen LogP contribution in [0.15, 0.2) is 36.7 Å². The summed E-state index contributed by atoms with van der Waals surface area (Å²) in [6, 6.07) is 4.64. The smallest absolute Gasteiger partial charge is 0.417 e. The minimum absolute atomic E-state index is 0.148. The van der Waals surface area contributed by atoms with Crippen LogP contribution in [0.1, 0.15) is 11.1 Å². The number of nitrogens with two attached hydrogens (primary N) is 1. The molecule has 110 valence electrons. The molecule has 0 aliphatic carbocycles. The molecule has 1 aromatic carbocycles. The number of ether oxygens (including phenoxy) is 1. The second-order valence-corrected chi connectivity index (χ2v) is 4.89. The molecule has 0 aliphatic heterocycles. The number of rotatable bonds is 3. The highest BCUT2D eigenvalue weighted by Crippen LogP contribution is 2.34. The Morgan fingerprint density at radius 1 is 1.19 bits per heavy atom. The summed E-state index contributed by atoms with van der Waals surface area (Å²) in [5.74, 6) is 0.436. The Morgan fingerprint density at radius 2 is 1.90 bits per heavy atom. The fourth-order valence-electron chi connectivity index (χ4n) is 1.62. The summed E-state index contributed by atoms with van der Waals surface area (Å²) < 4.78 is 43.9. The van der Waals surface area contributed by atoms with Crippen LogP contribution >= 0.6 is 23.8 Å². The lowest BCUT2D eigenvalue weighted by Crippen LogP contribution is -2.17. The van der Waals surface area contributed by atoms with Gasteiger partial charge in [0.15, 0.2) is 0 Å². The molecule has 1 heterocycles. The highest BCUT2D eigenvalue weighted by Gasteiger charge is 2.34. The quantitative estimate of drug-likeness (QED) is 0.857. The predicted octanol–water partition coefficient (Wildman–Crippen LogP) is 4.18. The third-order valence-corrected chi connectivity index (χ3v) is 2.90. The van der Waals surface area contributed by atoms with Gasteiger partial charge in [-0.3, -0.25) is 4.98 Å². The Morgan fingerprint density at radius 3 is 2.48 bits per heavy atom. The monoisotopic (exact) mass is 332 g/mol. The van der Waals surface area contributed by atoms with E-state index in [9.17, 15) is 13.2 Å². The fourth-order valence-corrected chi connectivity index (χ4v) is 1.95. The maximum atomic E-state index is 12.8. The first-order chi connectivity index (χ1) is 9.77. The molecule has 21 heavy (non-hydrogen) atoms. The van der Waals surface area contributed by atoms with E-state index in [0.29, 0.717) is 5.02 Å². The Labute approximate surface area is 128 Å². The molecule has 8 heteroatoms. The second kappa shape index (κ2) is 5.87. The summed E-state index contributed by atoms with van der Waals surface area (Å²) in [5.41, 5.74) is 4.13. The van der Waals surface area contributed by atoms with Crippen molar-refractivity contribution >= 4 is 28.8 Å². The zero-order valence-corrected chi connectivity index (χ0v) is 11.9. The van der Waals surface area contributed by atoms with E-state index in [4.69, 9.17) is 22.1 Å². The van der Waals surface area contributed by atoms with Crippen LogP contribution in [0, 0.1) is 0 Å². The topological polar surface area (TPSA) is 48.1 Å². The molecule has 0 radical (unpaired) electrons. The largest absolute Gasteiger partial charge is 0.456 e. The van der Waals surface area contributed by atoms with Gasteiger partial charge in [0.2, 0.25) is 0 Å². The lowest BCUT2D eigenvalue weighted by atomic mass is 10.1. The van der Waals surface area contributed by atoms with Crippen molar-refractivity contribution in [3.63, 3.8) is 0 Å². The zero-order valence-electron chi connectivity index (χ0n) is 10.3. The van der Waals surface area contributed by atoms with E-state index < -0.39 is 11.7 Å². The first kappa shape index (κ1) is 15.5. The summed E-state index contributed by atoms with van der Waals surface area (Å²) in [4.78, 5) is 3.44. The van der Waals surface area contributed by atoms with Crippen molar-refractivity contribution in [1.82, 2.24) is 4.98 Å². The van der Waals surface area contributed by atoms with Gasteiger partial charge in [-0.1, -0.05) is 23.8 Å². The van der Waals surface area contributed by atoms with Crippen molar-refractivity contribution in [1.29, 1.82) is 0 Å². The molecule has 0 unspecified atom stereocenters. The number of hydrogen-bond acceptors (Lipinski definition) is 3. The standard InChI is InChI=1S/C13H8ClF3N2OS/c14-7-3-9(6-19-5-7)20-8-1-2-11(13(15,16)17)10(4-8)12(18)21/h1-6H,(H2,18,21). The molecular formula is C13H8ClF3N2OS. The number of thiocarbonyl (C=S) groups is 1. The lowest BCUT2D eigenvalue weighted by Gasteiger charge is -2.14. The number of nitrogens with zero attached hydrogens (tertiary/aromatic N) is 1. The molecule has 3 nitrogen and oxygen atoms in total. The van der Waals surface area contributed by atoms with Crippen molar-refractivity contribution in [2.24, 2.45) is 5.73 Å². The Hall–Kier alpha value is -1.86. The molecule has 0 saturated carbocycles. The third-order valence-electron chi connectivity index (χ3n) is 2.48. The summed E-state index contributed by atoms with van der Waals surface area (Å²) >= 11 is 10.4. The van der Waals surface area contributed by atoms with E-state index in [1.54, 1.807) is 0 Å². The van der Waals surface area contributed by atoms with Gasteiger partial charge in [-0.05, 0) is 18.2 Å². The van der Waals surface area contributed by atoms with Gasteiger partial charge in [0.1, 0.15) is 16.5 Å². The van der Waals surface area contributed by atoms with Crippen LogP contribution in [-0.2, 0) is 6.18 Å². The van der Waals surface area contributed by atoms with Crippen LogP contribution in [0.5, 0.6) is 11.5 Å². The number of halogens is 4. The van der Waals surface area contributed by atoms with E-state index >= 15 is 0 Å².